The lowest BCUT2D eigenvalue weighted by atomic mass is 10.2. The first kappa shape index (κ1) is 23.1. The molecule has 0 radical (unpaired) electrons. The Morgan fingerprint density at radius 1 is 1.06 bits per heavy atom. The van der Waals surface area contributed by atoms with Crippen molar-refractivity contribution in [3.05, 3.63) is 87.2 Å². The molecule has 10 heteroatoms. The van der Waals surface area contributed by atoms with Crippen LogP contribution in [0.4, 0.5) is 10.1 Å². The molecule has 0 atom stereocenters. The van der Waals surface area contributed by atoms with Crippen molar-refractivity contribution >= 4 is 39.3 Å². The summed E-state index contributed by atoms with van der Waals surface area (Å²) in [7, 11) is 0. The van der Waals surface area contributed by atoms with Crippen LogP contribution in [-0.4, -0.2) is 30.9 Å². The average molecular weight is 527 g/mol. The lowest BCUT2D eigenvalue weighted by molar-refractivity contribution is 0.102. The maximum Gasteiger partial charge on any atom is 0.278 e. The van der Waals surface area contributed by atoms with E-state index in [9.17, 15) is 9.18 Å². The highest BCUT2D eigenvalue weighted by atomic mass is 79.9. The van der Waals surface area contributed by atoms with E-state index in [4.69, 9.17) is 0 Å². The number of thioether (sulfide) groups is 1. The van der Waals surface area contributed by atoms with E-state index in [0.717, 1.165) is 21.5 Å². The number of rotatable bonds is 6. The second-order valence-electron chi connectivity index (χ2n) is 7.41. The molecule has 4 rings (SSSR count). The van der Waals surface area contributed by atoms with Gasteiger partial charge < -0.3 is 5.32 Å². The average Bonchev–Trinajstić information content (AvgIpc) is 3.19. The Labute approximate surface area is 203 Å². The highest BCUT2D eigenvalue weighted by Gasteiger charge is 2.22. The van der Waals surface area contributed by atoms with Gasteiger partial charge in [-0.15, -0.1) is 5.10 Å². The van der Waals surface area contributed by atoms with Crippen LogP contribution in [0.1, 0.15) is 33.1 Å². The van der Waals surface area contributed by atoms with Gasteiger partial charge in [-0.05, 0) is 68.8 Å². The molecule has 1 amide bonds. The third-order valence-corrected chi connectivity index (χ3v) is 6.17. The zero-order valence-electron chi connectivity index (χ0n) is 18.1. The minimum absolute atomic E-state index is 0.149. The van der Waals surface area contributed by atoms with Crippen LogP contribution in [0.2, 0.25) is 0 Å². The maximum atomic E-state index is 13.9. The van der Waals surface area contributed by atoms with E-state index >= 15 is 0 Å². The number of halogens is 2. The predicted molar refractivity (Wildman–Crippen MR) is 129 cm³/mol. The smallest absolute Gasteiger partial charge is 0.278 e. The normalized spacial score (nSPS) is 10.9. The summed E-state index contributed by atoms with van der Waals surface area (Å²) in [5.74, 6) is -0.510. The molecule has 2 heterocycles. The van der Waals surface area contributed by atoms with E-state index in [1.54, 1.807) is 23.7 Å². The van der Waals surface area contributed by atoms with Crippen molar-refractivity contribution in [1.82, 2.24) is 25.0 Å². The quantitative estimate of drug-likeness (QED) is 0.266. The summed E-state index contributed by atoms with van der Waals surface area (Å²) in [4.78, 5) is 22.0. The van der Waals surface area contributed by atoms with Gasteiger partial charge in [0.1, 0.15) is 5.82 Å². The number of carbonyl (C=O) groups excluding carboxylic acids is 1. The number of nitrogens with zero attached hydrogens (tertiary/aromatic N) is 5. The molecule has 0 saturated heterocycles. The van der Waals surface area contributed by atoms with Crippen LogP contribution in [-0.2, 0) is 5.75 Å². The first-order chi connectivity index (χ1) is 15.8. The summed E-state index contributed by atoms with van der Waals surface area (Å²) < 4.78 is 16.5. The first-order valence-corrected chi connectivity index (χ1v) is 11.8. The van der Waals surface area contributed by atoms with Crippen LogP contribution in [0, 0.1) is 26.6 Å². The Kier molecular flexibility index (Phi) is 6.85. The Bertz CT molecular complexity index is 1310. The van der Waals surface area contributed by atoms with Gasteiger partial charge in [0, 0.05) is 27.3 Å². The summed E-state index contributed by atoms with van der Waals surface area (Å²) >= 11 is 4.82. The number of hydrogen-bond acceptors (Lipinski definition) is 6. The third kappa shape index (κ3) is 5.45. The van der Waals surface area contributed by atoms with Gasteiger partial charge in [0.2, 0.25) is 0 Å². The number of nitrogens with one attached hydrogen (secondary N) is 1. The van der Waals surface area contributed by atoms with E-state index in [1.807, 2.05) is 44.2 Å². The molecule has 0 aliphatic heterocycles. The van der Waals surface area contributed by atoms with Gasteiger partial charge in [-0.3, -0.25) is 4.79 Å². The van der Waals surface area contributed by atoms with E-state index in [-0.39, 0.29) is 5.69 Å². The molecule has 0 spiro atoms. The summed E-state index contributed by atoms with van der Waals surface area (Å²) in [6, 6.07) is 14.0. The molecule has 7 nitrogen and oxygen atoms in total. The second-order valence-corrected chi connectivity index (χ2v) is 9.27. The largest absolute Gasteiger partial charge is 0.320 e. The fourth-order valence-corrected chi connectivity index (χ4v) is 4.36. The molecule has 0 bridgehead atoms. The van der Waals surface area contributed by atoms with Crippen LogP contribution in [0.3, 0.4) is 0 Å². The van der Waals surface area contributed by atoms with Crippen LogP contribution in [0.25, 0.3) is 5.69 Å². The van der Waals surface area contributed by atoms with Gasteiger partial charge in [0.15, 0.2) is 10.9 Å². The molecular weight excluding hydrogens is 507 g/mol. The Balaban J connectivity index is 1.67. The van der Waals surface area contributed by atoms with Gasteiger partial charge in [0.25, 0.3) is 5.91 Å². The lowest BCUT2D eigenvalue weighted by Gasteiger charge is -2.09. The molecule has 0 saturated carbocycles. The lowest BCUT2D eigenvalue weighted by Crippen LogP contribution is -2.15. The number of anilines is 1. The minimum Gasteiger partial charge on any atom is -0.320 e. The molecule has 4 aromatic rings. The Morgan fingerprint density at radius 2 is 1.76 bits per heavy atom. The van der Waals surface area contributed by atoms with Crippen molar-refractivity contribution < 1.29 is 9.18 Å². The number of hydrogen-bond donors (Lipinski definition) is 1. The molecule has 2 aromatic heterocycles. The number of carbonyl (C=O) groups is 1. The van der Waals surface area contributed by atoms with Crippen molar-refractivity contribution in [2.75, 3.05) is 5.32 Å². The van der Waals surface area contributed by atoms with Gasteiger partial charge in [0.05, 0.1) is 11.4 Å². The summed E-state index contributed by atoms with van der Waals surface area (Å²) in [6.45, 7) is 5.48. The molecule has 33 heavy (non-hydrogen) atoms. The fraction of sp³-hybridized carbons (Fsp3) is 0.174. The molecule has 0 aliphatic carbocycles. The standard InChI is InChI=1S/C23H20BrFN6OS/c1-13-4-7-17(11-19(13)25)28-22(32)21-20(12-33-23-26-14(2)10-15(3)27-23)31(30-29-21)18-8-5-16(24)6-9-18/h4-11H,12H2,1-3H3,(H,28,32). The first-order valence-electron chi connectivity index (χ1n) is 10.0. The Morgan fingerprint density at radius 3 is 2.42 bits per heavy atom. The van der Waals surface area contributed by atoms with Crippen LogP contribution >= 0.6 is 27.7 Å². The Hall–Kier alpha value is -3.11. The minimum atomic E-state index is -0.474. The van der Waals surface area contributed by atoms with Crippen molar-refractivity contribution in [1.29, 1.82) is 0 Å². The van der Waals surface area contributed by atoms with Gasteiger partial charge in [-0.1, -0.05) is 39.0 Å². The van der Waals surface area contributed by atoms with Crippen LogP contribution in [0.15, 0.2) is 58.2 Å². The van der Waals surface area contributed by atoms with Crippen molar-refractivity contribution in [2.45, 2.75) is 31.7 Å². The highest BCUT2D eigenvalue weighted by molar-refractivity contribution is 9.10. The molecule has 0 aliphatic rings. The predicted octanol–water partition coefficient (Wildman–Crippen LogP) is 5.43. The third-order valence-electron chi connectivity index (χ3n) is 4.78. The van der Waals surface area contributed by atoms with E-state index in [1.165, 1.54) is 17.8 Å². The molecule has 2 aromatic carbocycles. The molecule has 168 valence electrons. The van der Waals surface area contributed by atoms with Crippen LogP contribution < -0.4 is 5.32 Å². The van der Waals surface area contributed by atoms with Gasteiger partial charge in [-0.2, -0.15) is 0 Å². The number of benzene rings is 2. The van der Waals surface area contributed by atoms with Crippen molar-refractivity contribution in [2.24, 2.45) is 0 Å². The van der Waals surface area contributed by atoms with Gasteiger partial charge >= 0.3 is 0 Å². The number of aromatic nitrogens is 5. The zero-order chi connectivity index (χ0) is 23.5. The second kappa shape index (κ2) is 9.80. The van der Waals surface area contributed by atoms with E-state index < -0.39 is 11.7 Å². The van der Waals surface area contributed by atoms with Gasteiger partial charge in [-0.25, -0.2) is 19.0 Å². The number of amides is 1. The van der Waals surface area contributed by atoms with Crippen LogP contribution in [0.5, 0.6) is 0 Å². The fourth-order valence-electron chi connectivity index (χ4n) is 3.15. The van der Waals surface area contributed by atoms with Crippen molar-refractivity contribution in [3.63, 3.8) is 0 Å². The topological polar surface area (TPSA) is 85.6 Å². The number of aryl methyl sites for hydroxylation is 3. The summed E-state index contributed by atoms with van der Waals surface area (Å²) in [5, 5.41) is 11.7. The zero-order valence-corrected chi connectivity index (χ0v) is 20.5. The summed E-state index contributed by atoms with van der Waals surface area (Å²) in [6.07, 6.45) is 0. The molecule has 1 N–H and O–H groups in total. The SMILES string of the molecule is Cc1cc(C)nc(SCc2c(C(=O)Nc3ccc(C)c(F)c3)nnn2-c2ccc(Br)cc2)n1. The monoisotopic (exact) mass is 526 g/mol. The van der Waals surface area contributed by atoms with Crippen molar-refractivity contribution in [3.8, 4) is 5.69 Å². The molecule has 0 unspecified atom stereocenters. The maximum absolute atomic E-state index is 13.9. The van der Waals surface area contributed by atoms with E-state index in [0.29, 0.717) is 27.9 Å². The van der Waals surface area contributed by atoms with E-state index in [2.05, 4.69) is 41.5 Å². The highest BCUT2D eigenvalue weighted by Crippen LogP contribution is 2.25. The summed E-state index contributed by atoms with van der Waals surface area (Å²) in [5.41, 5.74) is 4.05. The molecule has 0 fully saturated rings. The molecular formula is C23H20BrFN6OS.